The number of likely N-dealkylation sites (tertiary alicyclic amines) is 2. The van der Waals surface area contributed by atoms with Gasteiger partial charge in [0.05, 0.1) is 12.5 Å². The first kappa shape index (κ1) is 54.3. The van der Waals surface area contributed by atoms with E-state index < -0.39 is 72.2 Å². The molecule has 6 aliphatic rings. The van der Waals surface area contributed by atoms with Gasteiger partial charge in [0.2, 0.25) is 23.6 Å². The van der Waals surface area contributed by atoms with E-state index in [2.05, 4.69) is 51.3 Å². The number of nitrogens with zero attached hydrogens (tertiary/aromatic N) is 2. The summed E-state index contributed by atoms with van der Waals surface area (Å²) < 4.78 is 6.36. The molecule has 0 unspecified atom stereocenters. The van der Waals surface area contributed by atoms with Crippen LogP contribution in [-0.2, 0) is 39.9 Å². The third kappa shape index (κ3) is 12.3. The summed E-state index contributed by atoms with van der Waals surface area (Å²) in [5.41, 5.74) is 14.3. The molecule has 15 nitrogen and oxygen atoms in total. The number of fused-ring (bicyclic) bond motifs is 5. The molecule has 0 radical (unpaired) electrons. The van der Waals surface area contributed by atoms with Gasteiger partial charge in [0.1, 0.15) is 36.0 Å². The Labute approximate surface area is 422 Å². The summed E-state index contributed by atoms with van der Waals surface area (Å²) in [4.78, 5) is 84.4. The number of carbonyl (C=O) groups excluding carboxylic acids is 5. The van der Waals surface area contributed by atoms with Crippen molar-refractivity contribution in [3.8, 4) is 5.75 Å². The summed E-state index contributed by atoms with van der Waals surface area (Å²) in [5.74, 6) is 0.515. The molecule has 4 aliphatic carbocycles. The van der Waals surface area contributed by atoms with E-state index in [1.54, 1.807) is 12.1 Å². The van der Waals surface area contributed by atoms with Crippen LogP contribution in [0.2, 0.25) is 0 Å². The Kier molecular flexibility index (Phi) is 18.0. The first-order valence-electron chi connectivity index (χ1n) is 27.4. The molecule has 15 heteroatoms. The van der Waals surface area contributed by atoms with E-state index in [4.69, 9.17) is 16.2 Å². The standard InChI is InChI=1S/C56H86N6O9/c1-34(2)11-8-12-35(3)41-22-23-42-40-21-18-37-32-39(24-26-55(37,4)43(40)25-27-56(41,42)5)71-54(70)45(13-6-7-28-57)59-50(66)46(31-36-16-19-38(63)20-17-36)60-51(67)47-14-9-29-61(47)53(69)48-15-10-30-62(48)52(68)44(58)33-49(64)65/h16-20,34-35,39-48,63H,6-15,21-33,57-58H2,1-5H3,(H,59,66)(H,60,67)(H,64,65)/t35-,39+,40+,41-,42+,43+,44+,45+,46+,47+,48+,55+,56-/m1/s1. The van der Waals surface area contributed by atoms with Crippen LogP contribution in [0.1, 0.15) is 162 Å². The van der Waals surface area contributed by atoms with Gasteiger partial charge in [-0.15, -0.1) is 0 Å². The summed E-state index contributed by atoms with van der Waals surface area (Å²) in [6.45, 7) is 13.2. The summed E-state index contributed by atoms with van der Waals surface area (Å²) >= 11 is 0. The number of phenols is 1. The summed E-state index contributed by atoms with van der Waals surface area (Å²) in [6.07, 6.45) is 17.6. The maximum absolute atomic E-state index is 14.5. The number of aliphatic carboxylic acids is 1. The molecule has 3 saturated carbocycles. The lowest BCUT2D eigenvalue weighted by atomic mass is 9.47. The lowest BCUT2D eigenvalue weighted by Crippen LogP contribution is -2.58. The predicted octanol–water partition coefficient (Wildman–Crippen LogP) is 6.77. The van der Waals surface area contributed by atoms with Crippen molar-refractivity contribution in [2.45, 2.75) is 199 Å². The van der Waals surface area contributed by atoms with Crippen LogP contribution in [0.15, 0.2) is 35.9 Å². The number of ether oxygens (including phenoxy) is 1. The van der Waals surface area contributed by atoms with Gasteiger partial charge in [-0.05, 0) is 160 Å². The highest BCUT2D eigenvalue weighted by Gasteiger charge is 2.59. The number of benzene rings is 1. The van der Waals surface area contributed by atoms with Gasteiger partial charge >= 0.3 is 11.9 Å². The van der Waals surface area contributed by atoms with Gasteiger partial charge in [0, 0.05) is 25.9 Å². The number of aromatic hydroxyl groups is 1. The topological polar surface area (TPSA) is 235 Å². The fraction of sp³-hybridized carbons (Fsp3) is 0.750. The van der Waals surface area contributed by atoms with Crippen LogP contribution in [-0.4, -0.2) is 112 Å². The van der Waals surface area contributed by atoms with E-state index in [0.29, 0.717) is 80.7 Å². The minimum absolute atomic E-state index is 0.0327. The second kappa shape index (κ2) is 23.6. The number of esters is 1. The van der Waals surface area contributed by atoms with Crippen molar-refractivity contribution < 1.29 is 43.7 Å². The van der Waals surface area contributed by atoms with Gasteiger partial charge in [-0.2, -0.15) is 0 Å². The number of allylic oxidation sites excluding steroid dienone is 1. The molecule has 1 aromatic rings. The Morgan fingerprint density at radius 2 is 1.54 bits per heavy atom. The molecule has 71 heavy (non-hydrogen) atoms. The zero-order chi connectivity index (χ0) is 51.2. The number of unbranched alkanes of at least 4 members (excludes halogenated alkanes) is 1. The summed E-state index contributed by atoms with van der Waals surface area (Å²) in [7, 11) is 0. The summed E-state index contributed by atoms with van der Waals surface area (Å²) in [5, 5.41) is 25.1. The average molecular weight is 987 g/mol. The zero-order valence-electron chi connectivity index (χ0n) is 43.4. The van der Waals surface area contributed by atoms with Crippen molar-refractivity contribution in [2.75, 3.05) is 19.6 Å². The number of nitrogens with one attached hydrogen (secondary N) is 2. The van der Waals surface area contributed by atoms with E-state index in [9.17, 15) is 39.0 Å². The van der Waals surface area contributed by atoms with Crippen molar-refractivity contribution in [1.82, 2.24) is 20.4 Å². The first-order valence-corrected chi connectivity index (χ1v) is 27.4. The fourth-order valence-corrected chi connectivity index (χ4v) is 14.6. The Morgan fingerprint density at radius 1 is 0.817 bits per heavy atom. The molecule has 0 aromatic heterocycles. The van der Waals surface area contributed by atoms with Crippen LogP contribution < -0.4 is 22.1 Å². The number of carbonyl (C=O) groups is 6. The van der Waals surface area contributed by atoms with Gasteiger partial charge in [0.15, 0.2) is 0 Å². The van der Waals surface area contributed by atoms with Crippen LogP contribution in [0, 0.1) is 46.3 Å². The molecular weight excluding hydrogens is 901 g/mol. The van der Waals surface area contributed by atoms with Gasteiger partial charge in [-0.1, -0.05) is 77.7 Å². The highest BCUT2D eigenvalue weighted by atomic mass is 16.5. The molecule has 1 aromatic carbocycles. The summed E-state index contributed by atoms with van der Waals surface area (Å²) in [6, 6.07) is 1.03. The van der Waals surface area contributed by atoms with Gasteiger partial charge in [0.25, 0.3) is 0 Å². The molecule has 394 valence electrons. The number of nitrogens with two attached hydrogens (primary N) is 2. The van der Waals surface area contributed by atoms with Crippen LogP contribution in [0.3, 0.4) is 0 Å². The van der Waals surface area contributed by atoms with Crippen molar-refractivity contribution in [2.24, 2.45) is 57.8 Å². The molecule has 2 aliphatic heterocycles. The Hall–Kier alpha value is -4.50. The maximum Gasteiger partial charge on any atom is 0.328 e. The van der Waals surface area contributed by atoms with Crippen LogP contribution in [0.5, 0.6) is 5.75 Å². The number of carboxylic acid groups (broad SMARTS) is 1. The van der Waals surface area contributed by atoms with Crippen molar-refractivity contribution in [1.29, 1.82) is 0 Å². The monoisotopic (exact) mass is 987 g/mol. The Morgan fingerprint density at radius 3 is 2.24 bits per heavy atom. The van der Waals surface area contributed by atoms with E-state index in [1.165, 1.54) is 72.5 Å². The normalized spacial score (nSPS) is 30.8. The van der Waals surface area contributed by atoms with E-state index in [0.717, 1.165) is 42.9 Å². The highest BCUT2D eigenvalue weighted by molar-refractivity contribution is 5.96. The smallest absolute Gasteiger partial charge is 0.328 e. The predicted molar refractivity (Wildman–Crippen MR) is 271 cm³/mol. The Balaban J connectivity index is 1.01. The molecule has 0 spiro atoms. The number of hydrogen-bond donors (Lipinski definition) is 6. The molecule has 0 bridgehead atoms. The van der Waals surface area contributed by atoms with Gasteiger partial charge in [-0.25, -0.2) is 4.79 Å². The van der Waals surface area contributed by atoms with E-state index >= 15 is 0 Å². The lowest BCUT2D eigenvalue weighted by Gasteiger charge is -2.58. The van der Waals surface area contributed by atoms with E-state index in [1.807, 2.05) is 0 Å². The molecule has 5 fully saturated rings. The minimum atomic E-state index is -1.30. The number of hydrogen-bond acceptors (Lipinski definition) is 10. The first-order chi connectivity index (χ1) is 33.8. The van der Waals surface area contributed by atoms with Gasteiger partial charge in [-0.3, -0.25) is 24.0 Å². The molecule has 2 heterocycles. The molecule has 7 rings (SSSR count). The molecule has 13 atom stereocenters. The quantitative estimate of drug-likeness (QED) is 0.0427. The molecule has 2 saturated heterocycles. The number of rotatable bonds is 21. The van der Waals surface area contributed by atoms with Crippen LogP contribution in [0.25, 0.3) is 0 Å². The van der Waals surface area contributed by atoms with Crippen LogP contribution >= 0.6 is 0 Å². The van der Waals surface area contributed by atoms with Gasteiger partial charge < -0.3 is 46.9 Å². The lowest BCUT2D eigenvalue weighted by molar-refractivity contribution is -0.156. The fourth-order valence-electron chi connectivity index (χ4n) is 14.6. The second-order valence-corrected chi connectivity index (χ2v) is 23.5. The SMILES string of the molecule is CC(C)CCC[C@@H](C)[C@H]1CC[C@H]2[C@@H]3CC=C4C[C@@H](OC(=O)[C@H](CCCCN)NC(=O)[C@H](Cc5ccc(O)cc5)NC(=O)[C@@H]5CCCN5C(=O)[C@@H]5CCCN5C(=O)[C@@H](N)CC(=O)O)CC[C@]4(C)[C@H]3CC[C@]12C. The number of amides is 4. The maximum atomic E-state index is 14.5. The van der Waals surface area contributed by atoms with Crippen molar-refractivity contribution in [3.05, 3.63) is 41.5 Å². The largest absolute Gasteiger partial charge is 0.508 e. The zero-order valence-corrected chi connectivity index (χ0v) is 43.4. The molecule has 4 amide bonds. The molecular formula is C56H86N6O9. The van der Waals surface area contributed by atoms with Crippen molar-refractivity contribution in [3.63, 3.8) is 0 Å². The minimum Gasteiger partial charge on any atom is -0.508 e. The molecule has 8 N–H and O–H groups in total. The van der Waals surface area contributed by atoms with Crippen molar-refractivity contribution >= 4 is 35.6 Å². The number of phenolic OH excluding ortho intramolecular Hbond substituents is 1. The van der Waals surface area contributed by atoms with Crippen LogP contribution in [0.4, 0.5) is 0 Å². The Bertz CT molecular complexity index is 2100. The second-order valence-electron chi connectivity index (χ2n) is 23.5. The third-order valence-corrected chi connectivity index (χ3v) is 18.5. The number of carboxylic acids is 1. The van der Waals surface area contributed by atoms with E-state index in [-0.39, 0.29) is 36.8 Å². The average Bonchev–Trinajstić information content (AvgIpc) is 4.10. The third-order valence-electron chi connectivity index (χ3n) is 18.5. The highest BCUT2D eigenvalue weighted by Crippen LogP contribution is 2.67.